The van der Waals surface area contributed by atoms with E-state index in [1.54, 1.807) is 0 Å². The molecule has 1 aliphatic heterocycles. The van der Waals surface area contributed by atoms with E-state index in [-0.39, 0.29) is 0 Å². The third-order valence-electron chi connectivity index (χ3n) is 1.50. The molecule has 1 unspecified atom stereocenters. The molecule has 0 amide bonds. The molecule has 0 aliphatic carbocycles. The number of rotatable bonds is 2. The molecule has 9 heavy (non-hydrogen) atoms. The van der Waals surface area contributed by atoms with Crippen LogP contribution >= 0.6 is 0 Å². The minimum Gasteiger partial charge on any atom is -0.330 e. The average molecular weight is 128 g/mol. The molecule has 3 heteroatoms. The summed E-state index contributed by atoms with van der Waals surface area (Å²) in [5, 5.41) is 7.60. The number of nitrogens with one attached hydrogen (secondary N) is 1. The van der Waals surface area contributed by atoms with Crippen LogP contribution in [0, 0.1) is 0 Å². The highest BCUT2D eigenvalue weighted by atomic mass is 15.1. The van der Waals surface area contributed by atoms with Gasteiger partial charge in [0.05, 0.1) is 6.17 Å². The van der Waals surface area contributed by atoms with Gasteiger partial charge in [-0.05, 0) is 25.9 Å². The number of nitrogens with two attached hydrogens (primary N) is 1. The third-order valence-corrected chi connectivity index (χ3v) is 1.50. The van der Waals surface area contributed by atoms with E-state index in [1.807, 2.05) is 0 Å². The fourth-order valence-electron chi connectivity index (χ4n) is 1.01. The van der Waals surface area contributed by atoms with Gasteiger partial charge in [0.25, 0.3) is 0 Å². The topological polar surface area (TPSA) is 52.2 Å². The Labute approximate surface area is 56.0 Å². The Hall–Kier alpha value is -0.120. The quantitative estimate of drug-likeness (QED) is 0.514. The lowest BCUT2D eigenvalue weighted by Gasteiger charge is -2.22. The molecular formula is C6H14N3. The summed E-state index contributed by atoms with van der Waals surface area (Å²) in [6.45, 7) is 2.85. The monoisotopic (exact) mass is 128 g/mol. The Morgan fingerprint density at radius 2 is 2.56 bits per heavy atom. The number of hydrogen-bond acceptors (Lipinski definition) is 2. The lowest BCUT2D eigenvalue weighted by molar-refractivity contribution is 0.348. The van der Waals surface area contributed by atoms with E-state index in [0.717, 1.165) is 26.1 Å². The van der Waals surface area contributed by atoms with Crippen LogP contribution in [0.1, 0.15) is 12.8 Å². The SMILES string of the molecule is NCCC1[N]CCCN1. The summed E-state index contributed by atoms with van der Waals surface area (Å²) in [6.07, 6.45) is 2.52. The highest BCUT2D eigenvalue weighted by molar-refractivity contribution is 4.69. The van der Waals surface area contributed by atoms with Gasteiger partial charge in [-0.1, -0.05) is 0 Å². The van der Waals surface area contributed by atoms with Crippen molar-refractivity contribution in [2.45, 2.75) is 19.0 Å². The van der Waals surface area contributed by atoms with Crippen LogP contribution in [0.25, 0.3) is 0 Å². The molecule has 1 rings (SSSR count). The van der Waals surface area contributed by atoms with Gasteiger partial charge >= 0.3 is 0 Å². The lowest BCUT2D eigenvalue weighted by atomic mass is 10.2. The molecule has 1 atom stereocenters. The first kappa shape index (κ1) is 6.99. The first-order valence-corrected chi connectivity index (χ1v) is 3.53. The Morgan fingerprint density at radius 1 is 1.67 bits per heavy atom. The summed E-state index contributed by atoms with van der Waals surface area (Å²) in [4.78, 5) is 0. The van der Waals surface area contributed by atoms with E-state index in [4.69, 9.17) is 5.73 Å². The summed E-state index contributed by atoms with van der Waals surface area (Å²) in [7, 11) is 0. The van der Waals surface area contributed by atoms with Gasteiger partial charge in [-0.2, -0.15) is 0 Å². The zero-order valence-electron chi connectivity index (χ0n) is 5.64. The molecule has 1 fully saturated rings. The van der Waals surface area contributed by atoms with E-state index in [2.05, 4.69) is 10.6 Å². The molecular weight excluding hydrogens is 114 g/mol. The van der Waals surface area contributed by atoms with Crippen LogP contribution in [0.3, 0.4) is 0 Å². The van der Waals surface area contributed by atoms with E-state index < -0.39 is 0 Å². The first-order valence-electron chi connectivity index (χ1n) is 3.53. The standard InChI is InChI=1S/C6H14N3/c7-3-2-6-8-4-1-5-9-6/h6,8H,1-5,7H2. The molecule has 0 aromatic rings. The Bertz CT molecular complexity index is 65.9. The predicted molar refractivity (Wildman–Crippen MR) is 37.1 cm³/mol. The molecule has 53 valence electrons. The summed E-state index contributed by atoms with van der Waals surface area (Å²) in [5.74, 6) is 0. The van der Waals surface area contributed by atoms with Crippen molar-refractivity contribution < 1.29 is 0 Å². The molecule has 0 aromatic carbocycles. The van der Waals surface area contributed by atoms with E-state index in [9.17, 15) is 0 Å². The van der Waals surface area contributed by atoms with Crippen molar-refractivity contribution in [1.29, 1.82) is 0 Å². The molecule has 0 aromatic heterocycles. The molecule has 1 aliphatic rings. The third kappa shape index (κ3) is 2.30. The molecule has 0 saturated carbocycles. The Morgan fingerprint density at radius 3 is 3.11 bits per heavy atom. The second-order valence-corrected chi connectivity index (χ2v) is 2.31. The lowest BCUT2D eigenvalue weighted by Crippen LogP contribution is -2.44. The van der Waals surface area contributed by atoms with Gasteiger partial charge in [0, 0.05) is 6.54 Å². The van der Waals surface area contributed by atoms with Gasteiger partial charge in [0.1, 0.15) is 0 Å². The predicted octanol–water partition coefficient (Wildman–Crippen LogP) is -0.741. The maximum Gasteiger partial charge on any atom is 0.0747 e. The molecule has 1 radical (unpaired) electrons. The molecule has 3 nitrogen and oxygen atoms in total. The fourth-order valence-corrected chi connectivity index (χ4v) is 1.01. The van der Waals surface area contributed by atoms with Crippen molar-refractivity contribution >= 4 is 0 Å². The number of nitrogens with zero attached hydrogens (tertiary/aromatic N) is 1. The van der Waals surface area contributed by atoms with Gasteiger partial charge in [-0.25, -0.2) is 5.32 Å². The maximum atomic E-state index is 5.36. The van der Waals surface area contributed by atoms with E-state index in [0.29, 0.717) is 6.17 Å². The van der Waals surface area contributed by atoms with Gasteiger partial charge < -0.3 is 11.1 Å². The zero-order valence-corrected chi connectivity index (χ0v) is 5.64. The van der Waals surface area contributed by atoms with Crippen molar-refractivity contribution in [3.05, 3.63) is 0 Å². The van der Waals surface area contributed by atoms with Crippen LogP contribution in [-0.2, 0) is 0 Å². The van der Waals surface area contributed by atoms with E-state index >= 15 is 0 Å². The fraction of sp³-hybridized carbons (Fsp3) is 1.00. The minimum absolute atomic E-state index is 0.351. The smallest absolute Gasteiger partial charge is 0.0747 e. The van der Waals surface area contributed by atoms with Crippen LogP contribution < -0.4 is 16.4 Å². The van der Waals surface area contributed by atoms with Crippen LogP contribution in [0.5, 0.6) is 0 Å². The highest BCUT2D eigenvalue weighted by Crippen LogP contribution is 1.93. The molecule has 0 spiro atoms. The van der Waals surface area contributed by atoms with Crippen molar-refractivity contribution in [2.75, 3.05) is 19.6 Å². The maximum absolute atomic E-state index is 5.36. The van der Waals surface area contributed by atoms with Gasteiger partial charge in [0.15, 0.2) is 0 Å². The summed E-state index contributed by atoms with van der Waals surface area (Å²) >= 11 is 0. The summed E-state index contributed by atoms with van der Waals surface area (Å²) < 4.78 is 0. The van der Waals surface area contributed by atoms with Crippen LogP contribution in [-0.4, -0.2) is 25.8 Å². The second-order valence-electron chi connectivity index (χ2n) is 2.31. The van der Waals surface area contributed by atoms with Crippen LogP contribution in [0.4, 0.5) is 0 Å². The molecule has 3 N–H and O–H groups in total. The van der Waals surface area contributed by atoms with Crippen molar-refractivity contribution in [2.24, 2.45) is 5.73 Å². The summed E-state index contributed by atoms with van der Waals surface area (Å²) in [6, 6.07) is 0. The Balaban J connectivity index is 2.08. The number of hydrogen-bond donors (Lipinski definition) is 2. The molecule has 1 heterocycles. The van der Waals surface area contributed by atoms with Gasteiger partial charge in [-0.3, -0.25) is 0 Å². The molecule has 1 saturated heterocycles. The summed E-state index contributed by atoms with van der Waals surface area (Å²) in [5.41, 5.74) is 5.36. The van der Waals surface area contributed by atoms with Crippen molar-refractivity contribution in [3.8, 4) is 0 Å². The Kier molecular flexibility index (Phi) is 2.97. The minimum atomic E-state index is 0.351. The van der Waals surface area contributed by atoms with Gasteiger partial charge in [0.2, 0.25) is 0 Å². The van der Waals surface area contributed by atoms with Gasteiger partial charge in [-0.15, -0.1) is 0 Å². The van der Waals surface area contributed by atoms with Crippen LogP contribution in [0.2, 0.25) is 0 Å². The normalized spacial score (nSPS) is 22.3. The largest absolute Gasteiger partial charge is 0.330 e. The highest BCUT2D eigenvalue weighted by Gasteiger charge is 2.10. The van der Waals surface area contributed by atoms with E-state index in [1.165, 1.54) is 6.42 Å². The average Bonchev–Trinajstić information content (AvgIpc) is 1.91. The zero-order chi connectivity index (χ0) is 6.53. The van der Waals surface area contributed by atoms with Crippen molar-refractivity contribution in [3.63, 3.8) is 0 Å². The van der Waals surface area contributed by atoms with Crippen LogP contribution in [0.15, 0.2) is 0 Å². The molecule has 0 bridgehead atoms. The van der Waals surface area contributed by atoms with Crippen molar-refractivity contribution in [1.82, 2.24) is 10.6 Å². The second kappa shape index (κ2) is 3.82. The first-order chi connectivity index (χ1) is 4.43.